The van der Waals surface area contributed by atoms with Crippen LogP contribution in [0.2, 0.25) is 5.15 Å². The van der Waals surface area contributed by atoms with Gasteiger partial charge in [-0.3, -0.25) is 4.68 Å². The second kappa shape index (κ2) is 7.21. The molecule has 0 aromatic carbocycles. The zero-order chi connectivity index (χ0) is 14.4. The van der Waals surface area contributed by atoms with Gasteiger partial charge in [0.25, 0.3) is 0 Å². The van der Waals surface area contributed by atoms with Crippen LogP contribution in [-0.4, -0.2) is 32.9 Å². The fourth-order valence-corrected chi connectivity index (χ4v) is 1.98. The molecule has 0 saturated carbocycles. The van der Waals surface area contributed by atoms with E-state index in [4.69, 9.17) is 16.3 Å². The van der Waals surface area contributed by atoms with E-state index in [1.54, 1.807) is 12.3 Å². The lowest BCUT2D eigenvalue weighted by Crippen LogP contribution is -2.10. The first-order chi connectivity index (χ1) is 9.69. The van der Waals surface area contributed by atoms with Crippen LogP contribution in [-0.2, 0) is 24.8 Å². The Balaban J connectivity index is 1.91. The summed E-state index contributed by atoms with van der Waals surface area (Å²) in [7, 11) is 1.93. The molecular formula is C13H18ClN5O. The minimum atomic E-state index is 0.369. The van der Waals surface area contributed by atoms with Crippen molar-refractivity contribution in [1.29, 1.82) is 0 Å². The van der Waals surface area contributed by atoms with Crippen LogP contribution in [0.4, 0.5) is 5.82 Å². The third kappa shape index (κ3) is 4.18. The Labute approximate surface area is 123 Å². The van der Waals surface area contributed by atoms with E-state index in [-0.39, 0.29) is 0 Å². The Bertz CT molecular complexity index is 557. The van der Waals surface area contributed by atoms with Gasteiger partial charge in [0.2, 0.25) is 0 Å². The van der Waals surface area contributed by atoms with Crippen LogP contribution in [0.25, 0.3) is 0 Å². The summed E-state index contributed by atoms with van der Waals surface area (Å²) in [5, 5.41) is 7.78. The number of rotatable bonds is 7. The molecular weight excluding hydrogens is 278 g/mol. The Morgan fingerprint density at radius 1 is 1.40 bits per heavy atom. The Morgan fingerprint density at radius 3 is 2.95 bits per heavy atom. The molecule has 2 rings (SSSR count). The van der Waals surface area contributed by atoms with E-state index in [0.717, 1.165) is 18.7 Å². The summed E-state index contributed by atoms with van der Waals surface area (Å²) >= 11 is 5.97. The average Bonchev–Trinajstić information content (AvgIpc) is 2.82. The minimum absolute atomic E-state index is 0.369. The minimum Gasteiger partial charge on any atom is -0.374 e. The highest BCUT2D eigenvalue weighted by atomic mass is 35.5. The second-order valence-electron chi connectivity index (χ2n) is 4.25. The quantitative estimate of drug-likeness (QED) is 0.792. The molecule has 0 saturated heterocycles. The van der Waals surface area contributed by atoms with Crippen LogP contribution in [0, 0.1) is 0 Å². The summed E-state index contributed by atoms with van der Waals surface area (Å²) in [6, 6.07) is 3.70. The Kier molecular flexibility index (Phi) is 5.31. The maximum absolute atomic E-state index is 5.97. The third-order valence-electron chi connectivity index (χ3n) is 2.79. The number of halogens is 1. The Hall–Kier alpha value is -1.66. The lowest BCUT2D eigenvalue weighted by Gasteiger charge is -2.08. The first kappa shape index (κ1) is 14.7. The molecule has 0 bridgehead atoms. The van der Waals surface area contributed by atoms with E-state index < -0.39 is 0 Å². The van der Waals surface area contributed by atoms with Gasteiger partial charge in [-0.05, 0) is 13.0 Å². The van der Waals surface area contributed by atoms with Crippen molar-refractivity contribution in [3.05, 3.63) is 35.0 Å². The lowest BCUT2D eigenvalue weighted by atomic mass is 10.3. The predicted molar refractivity (Wildman–Crippen MR) is 77.8 cm³/mol. The molecule has 0 unspecified atom stereocenters. The van der Waals surface area contributed by atoms with E-state index in [2.05, 4.69) is 20.4 Å². The van der Waals surface area contributed by atoms with Crippen molar-refractivity contribution >= 4 is 17.4 Å². The molecule has 0 aliphatic carbocycles. The number of hydrogen-bond acceptors (Lipinski definition) is 5. The fourth-order valence-electron chi connectivity index (χ4n) is 1.78. The van der Waals surface area contributed by atoms with Crippen molar-refractivity contribution in [1.82, 2.24) is 19.7 Å². The van der Waals surface area contributed by atoms with Gasteiger partial charge in [0.15, 0.2) is 5.82 Å². The zero-order valence-corrected chi connectivity index (χ0v) is 12.4. The van der Waals surface area contributed by atoms with Crippen molar-refractivity contribution in [3.63, 3.8) is 0 Å². The first-order valence-electron chi connectivity index (χ1n) is 6.51. The third-order valence-corrected chi connectivity index (χ3v) is 2.98. The molecule has 0 aliphatic rings. The highest BCUT2D eigenvalue weighted by Crippen LogP contribution is 2.12. The van der Waals surface area contributed by atoms with Crippen LogP contribution in [0.15, 0.2) is 18.3 Å². The van der Waals surface area contributed by atoms with Crippen molar-refractivity contribution in [2.75, 3.05) is 18.5 Å². The van der Waals surface area contributed by atoms with Gasteiger partial charge >= 0.3 is 0 Å². The molecule has 0 radical (unpaired) electrons. The predicted octanol–water partition coefficient (Wildman–Crippen LogP) is 2.05. The first-order valence-corrected chi connectivity index (χ1v) is 6.88. The highest BCUT2D eigenvalue weighted by Gasteiger charge is 2.04. The summed E-state index contributed by atoms with van der Waals surface area (Å²) in [6.07, 6.45) is 2.65. The van der Waals surface area contributed by atoms with Crippen molar-refractivity contribution in [3.8, 4) is 0 Å². The van der Waals surface area contributed by atoms with Crippen LogP contribution in [0.1, 0.15) is 18.4 Å². The number of aromatic nitrogens is 4. The number of nitrogens with zero attached hydrogens (tertiary/aromatic N) is 4. The number of ether oxygens (including phenoxy) is 1. The van der Waals surface area contributed by atoms with Gasteiger partial charge in [-0.25, -0.2) is 9.97 Å². The maximum Gasteiger partial charge on any atom is 0.158 e. The molecule has 1 N–H and O–H groups in total. The molecule has 0 spiro atoms. The molecule has 7 heteroatoms. The monoisotopic (exact) mass is 295 g/mol. The average molecular weight is 296 g/mol. The molecule has 2 aromatic rings. The number of hydrogen-bond donors (Lipinski definition) is 1. The smallest absolute Gasteiger partial charge is 0.158 e. The number of aryl methyl sites for hydroxylation is 1. The molecule has 2 heterocycles. The van der Waals surface area contributed by atoms with E-state index in [0.29, 0.717) is 30.0 Å². The highest BCUT2D eigenvalue weighted by molar-refractivity contribution is 6.29. The van der Waals surface area contributed by atoms with Gasteiger partial charge in [0.05, 0.1) is 0 Å². The van der Waals surface area contributed by atoms with Gasteiger partial charge in [0, 0.05) is 44.6 Å². The van der Waals surface area contributed by atoms with E-state index in [1.807, 2.05) is 24.7 Å². The second-order valence-corrected chi connectivity index (χ2v) is 4.64. The van der Waals surface area contributed by atoms with E-state index >= 15 is 0 Å². The standard InChI is InChI=1S/C13H18ClN5O/c1-3-20-9-13-17-11(14)8-12(18-13)15-6-4-10-5-7-16-19(10)2/h5,7-8H,3-4,6,9H2,1-2H3,(H,15,17,18). The number of nitrogens with one attached hydrogen (secondary N) is 1. The Morgan fingerprint density at radius 2 is 2.25 bits per heavy atom. The van der Waals surface area contributed by atoms with Gasteiger partial charge in [0.1, 0.15) is 17.6 Å². The molecule has 20 heavy (non-hydrogen) atoms. The fraction of sp³-hybridized carbons (Fsp3) is 0.462. The van der Waals surface area contributed by atoms with Crippen LogP contribution in [0.5, 0.6) is 0 Å². The molecule has 0 amide bonds. The van der Waals surface area contributed by atoms with Gasteiger partial charge in [-0.2, -0.15) is 5.10 Å². The van der Waals surface area contributed by atoms with E-state index in [1.165, 1.54) is 0 Å². The van der Waals surface area contributed by atoms with Crippen molar-refractivity contribution in [2.24, 2.45) is 7.05 Å². The molecule has 2 aromatic heterocycles. The normalized spacial score (nSPS) is 10.8. The van der Waals surface area contributed by atoms with Crippen molar-refractivity contribution in [2.45, 2.75) is 20.0 Å². The molecule has 0 fully saturated rings. The van der Waals surface area contributed by atoms with Crippen LogP contribution < -0.4 is 5.32 Å². The zero-order valence-electron chi connectivity index (χ0n) is 11.6. The lowest BCUT2D eigenvalue weighted by molar-refractivity contribution is 0.128. The molecule has 108 valence electrons. The summed E-state index contributed by atoms with van der Waals surface area (Å²) in [5.41, 5.74) is 1.16. The largest absolute Gasteiger partial charge is 0.374 e. The van der Waals surface area contributed by atoms with E-state index in [9.17, 15) is 0 Å². The van der Waals surface area contributed by atoms with Gasteiger partial charge in [-0.15, -0.1) is 0 Å². The summed E-state index contributed by atoms with van der Waals surface area (Å²) in [6.45, 7) is 3.67. The van der Waals surface area contributed by atoms with Crippen molar-refractivity contribution < 1.29 is 4.74 Å². The summed E-state index contributed by atoms with van der Waals surface area (Å²) < 4.78 is 7.14. The molecule has 6 nitrogen and oxygen atoms in total. The molecule has 0 atom stereocenters. The molecule has 0 aliphatic heterocycles. The van der Waals surface area contributed by atoms with Crippen LogP contribution >= 0.6 is 11.6 Å². The summed E-state index contributed by atoms with van der Waals surface area (Å²) in [4.78, 5) is 8.48. The topological polar surface area (TPSA) is 64.9 Å². The maximum atomic E-state index is 5.97. The number of anilines is 1. The van der Waals surface area contributed by atoms with Gasteiger partial charge < -0.3 is 10.1 Å². The SMILES string of the molecule is CCOCc1nc(Cl)cc(NCCc2ccnn2C)n1. The summed E-state index contributed by atoms with van der Waals surface area (Å²) in [5.74, 6) is 1.30. The van der Waals surface area contributed by atoms with Crippen LogP contribution in [0.3, 0.4) is 0 Å². The van der Waals surface area contributed by atoms with Gasteiger partial charge in [-0.1, -0.05) is 11.6 Å².